The van der Waals surface area contributed by atoms with Gasteiger partial charge >= 0.3 is 0 Å². The Morgan fingerprint density at radius 2 is 2.00 bits per heavy atom. The molecular weight excluding hydrogens is 176 g/mol. The van der Waals surface area contributed by atoms with Gasteiger partial charge in [-0.15, -0.1) is 0 Å². The van der Waals surface area contributed by atoms with E-state index < -0.39 is 0 Å². The molecular formula is C11H12N2O. The third kappa shape index (κ3) is 2.00. The number of hydrogen-bond donors (Lipinski definition) is 2. The van der Waals surface area contributed by atoms with Crippen molar-refractivity contribution in [2.45, 2.75) is 13.0 Å². The van der Waals surface area contributed by atoms with Crippen LogP contribution in [0, 0.1) is 0 Å². The second-order valence-electron chi connectivity index (χ2n) is 3.21. The van der Waals surface area contributed by atoms with Gasteiger partial charge in [-0.3, -0.25) is 5.10 Å². The van der Waals surface area contributed by atoms with Gasteiger partial charge in [-0.2, -0.15) is 5.10 Å². The highest BCUT2D eigenvalue weighted by Crippen LogP contribution is 2.07. The summed E-state index contributed by atoms with van der Waals surface area (Å²) in [4.78, 5) is 0. The van der Waals surface area contributed by atoms with Crippen molar-refractivity contribution < 1.29 is 5.11 Å². The van der Waals surface area contributed by atoms with Crippen molar-refractivity contribution in [1.29, 1.82) is 0 Å². The van der Waals surface area contributed by atoms with Gasteiger partial charge in [-0.25, -0.2) is 0 Å². The van der Waals surface area contributed by atoms with Gasteiger partial charge in [-0.1, -0.05) is 30.3 Å². The third-order valence-electron chi connectivity index (χ3n) is 2.08. The summed E-state index contributed by atoms with van der Waals surface area (Å²) < 4.78 is 0. The van der Waals surface area contributed by atoms with E-state index >= 15 is 0 Å². The molecule has 0 unspecified atom stereocenters. The molecule has 1 aromatic heterocycles. The SMILES string of the molecule is OCc1cc(Cc2ccccc2)[nH]n1. The van der Waals surface area contributed by atoms with Gasteiger partial charge < -0.3 is 5.11 Å². The first kappa shape index (κ1) is 8.97. The Kier molecular flexibility index (Phi) is 2.60. The Morgan fingerprint density at radius 1 is 1.21 bits per heavy atom. The first-order valence-corrected chi connectivity index (χ1v) is 4.56. The third-order valence-corrected chi connectivity index (χ3v) is 2.08. The lowest BCUT2D eigenvalue weighted by atomic mass is 10.1. The smallest absolute Gasteiger partial charge is 0.0879 e. The van der Waals surface area contributed by atoms with Crippen LogP contribution >= 0.6 is 0 Å². The molecule has 3 heteroatoms. The van der Waals surface area contributed by atoms with Gasteiger partial charge in [-0.05, 0) is 11.6 Å². The molecule has 0 spiro atoms. The van der Waals surface area contributed by atoms with Crippen LogP contribution in [-0.4, -0.2) is 15.3 Å². The number of hydrogen-bond acceptors (Lipinski definition) is 2. The minimum Gasteiger partial charge on any atom is -0.390 e. The molecule has 0 bridgehead atoms. The van der Waals surface area contributed by atoms with E-state index in [1.807, 2.05) is 24.3 Å². The Hall–Kier alpha value is -1.61. The minimum absolute atomic E-state index is 0.00864. The monoisotopic (exact) mass is 188 g/mol. The summed E-state index contributed by atoms with van der Waals surface area (Å²) in [6, 6.07) is 12.0. The Bertz CT molecular complexity index is 395. The van der Waals surface area contributed by atoms with Gasteiger partial charge in [0.1, 0.15) is 0 Å². The van der Waals surface area contributed by atoms with Crippen molar-refractivity contribution >= 4 is 0 Å². The number of aliphatic hydroxyl groups is 1. The lowest BCUT2D eigenvalue weighted by Crippen LogP contribution is -1.87. The summed E-state index contributed by atoms with van der Waals surface area (Å²) in [6.07, 6.45) is 0.827. The number of aromatic nitrogens is 2. The van der Waals surface area contributed by atoms with E-state index in [1.54, 1.807) is 0 Å². The van der Waals surface area contributed by atoms with Crippen molar-refractivity contribution in [2.24, 2.45) is 0 Å². The number of aromatic amines is 1. The topological polar surface area (TPSA) is 48.9 Å². The summed E-state index contributed by atoms with van der Waals surface area (Å²) in [5.74, 6) is 0. The first-order chi connectivity index (χ1) is 6.88. The largest absolute Gasteiger partial charge is 0.390 e. The molecule has 2 rings (SSSR count). The van der Waals surface area contributed by atoms with Gasteiger partial charge in [0.15, 0.2) is 0 Å². The van der Waals surface area contributed by atoms with E-state index in [0.717, 1.165) is 12.1 Å². The van der Waals surface area contributed by atoms with Crippen LogP contribution in [0.5, 0.6) is 0 Å². The van der Waals surface area contributed by atoms with Crippen LogP contribution in [0.2, 0.25) is 0 Å². The second-order valence-corrected chi connectivity index (χ2v) is 3.21. The average Bonchev–Trinajstić information content (AvgIpc) is 2.67. The molecule has 1 heterocycles. The maximum Gasteiger partial charge on any atom is 0.0879 e. The van der Waals surface area contributed by atoms with E-state index in [9.17, 15) is 0 Å². The summed E-state index contributed by atoms with van der Waals surface area (Å²) >= 11 is 0. The van der Waals surface area contributed by atoms with Crippen LogP contribution in [0.15, 0.2) is 36.4 Å². The van der Waals surface area contributed by atoms with Crippen molar-refractivity contribution in [2.75, 3.05) is 0 Å². The average molecular weight is 188 g/mol. The van der Waals surface area contributed by atoms with Crippen LogP contribution in [0.25, 0.3) is 0 Å². The first-order valence-electron chi connectivity index (χ1n) is 4.56. The van der Waals surface area contributed by atoms with Crippen LogP contribution in [-0.2, 0) is 13.0 Å². The molecule has 0 radical (unpaired) electrons. The van der Waals surface area contributed by atoms with Crippen molar-refractivity contribution in [1.82, 2.24) is 10.2 Å². The van der Waals surface area contributed by atoms with E-state index in [2.05, 4.69) is 22.3 Å². The molecule has 1 aromatic carbocycles. The van der Waals surface area contributed by atoms with E-state index in [-0.39, 0.29) is 6.61 Å². The zero-order chi connectivity index (χ0) is 9.80. The van der Waals surface area contributed by atoms with Crippen molar-refractivity contribution in [3.05, 3.63) is 53.3 Å². The predicted octanol–water partition coefficient (Wildman–Crippen LogP) is 1.49. The fourth-order valence-electron chi connectivity index (χ4n) is 1.40. The Balaban J connectivity index is 2.11. The molecule has 0 amide bonds. The van der Waals surface area contributed by atoms with Crippen LogP contribution in [0.3, 0.4) is 0 Å². The number of rotatable bonds is 3. The molecule has 0 aliphatic carbocycles. The number of benzene rings is 1. The maximum absolute atomic E-state index is 8.83. The fourth-order valence-corrected chi connectivity index (χ4v) is 1.40. The molecule has 72 valence electrons. The highest BCUT2D eigenvalue weighted by atomic mass is 16.3. The molecule has 0 aliphatic rings. The molecule has 0 saturated carbocycles. The van der Waals surface area contributed by atoms with E-state index in [4.69, 9.17) is 5.11 Å². The standard InChI is InChI=1S/C11H12N2O/c14-8-11-7-10(12-13-11)6-9-4-2-1-3-5-9/h1-5,7,14H,6,8H2,(H,12,13). The minimum atomic E-state index is -0.00864. The maximum atomic E-state index is 8.83. The summed E-state index contributed by atoms with van der Waals surface area (Å²) in [5.41, 5.74) is 2.96. The van der Waals surface area contributed by atoms with Gasteiger partial charge in [0, 0.05) is 12.1 Å². The number of nitrogens with one attached hydrogen (secondary N) is 1. The highest BCUT2D eigenvalue weighted by Gasteiger charge is 2.00. The fraction of sp³-hybridized carbons (Fsp3) is 0.182. The molecule has 2 N–H and O–H groups in total. The molecule has 2 aromatic rings. The predicted molar refractivity (Wildman–Crippen MR) is 53.8 cm³/mol. The lowest BCUT2D eigenvalue weighted by Gasteiger charge is -1.96. The van der Waals surface area contributed by atoms with Gasteiger partial charge in [0.05, 0.1) is 12.3 Å². The quantitative estimate of drug-likeness (QED) is 0.766. The van der Waals surface area contributed by atoms with Crippen LogP contribution in [0.1, 0.15) is 17.0 Å². The number of nitrogens with zero attached hydrogens (tertiary/aromatic N) is 1. The normalized spacial score (nSPS) is 10.4. The van der Waals surface area contributed by atoms with E-state index in [0.29, 0.717) is 5.69 Å². The Morgan fingerprint density at radius 3 is 2.64 bits per heavy atom. The zero-order valence-electron chi connectivity index (χ0n) is 7.77. The highest BCUT2D eigenvalue weighted by molar-refractivity contribution is 5.22. The summed E-state index contributed by atoms with van der Waals surface area (Å²) in [7, 11) is 0. The molecule has 0 fully saturated rings. The van der Waals surface area contributed by atoms with Crippen LogP contribution in [0.4, 0.5) is 0 Å². The van der Waals surface area contributed by atoms with Gasteiger partial charge in [0.25, 0.3) is 0 Å². The summed E-state index contributed by atoms with van der Waals surface area (Å²) in [5, 5.41) is 15.7. The number of aliphatic hydroxyl groups excluding tert-OH is 1. The molecule has 3 nitrogen and oxygen atoms in total. The van der Waals surface area contributed by atoms with Gasteiger partial charge in [0.2, 0.25) is 0 Å². The molecule has 0 aliphatic heterocycles. The van der Waals surface area contributed by atoms with Crippen molar-refractivity contribution in [3.8, 4) is 0 Å². The molecule has 0 saturated heterocycles. The molecule has 14 heavy (non-hydrogen) atoms. The summed E-state index contributed by atoms with van der Waals surface area (Å²) in [6.45, 7) is -0.00864. The molecule has 0 atom stereocenters. The Labute approximate surface area is 82.4 Å². The van der Waals surface area contributed by atoms with E-state index in [1.165, 1.54) is 5.56 Å². The van der Waals surface area contributed by atoms with Crippen LogP contribution < -0.4 is 0 Å². The second kappa shape index (κ2) is 4.07. The lowest BCUT2D eigenvalue weighted by molar-refractivity contribution is 0.276. The van der Waals surface area contributed by atoms with Crippen molar-refractivity contribution in [3.63, 3.8) is 0 Å². The zero-order valence-corrected chi connectivity index (χ0v) is 7.77. The number of H-pyrrole nitrogens is 1.